The van der Waals surface area contributed by atoms with Crippen LogP contribution in [0.2, 0.25) is 0 Å². The van der Waals surface area contributed by atoms with Crippen LogP contribution in [0.1, 0.15) is 63.0 Å². The minimum absolute atomic E-state index is 0.117. The first-order valence-electron chi connectivity index (χ1n) is 12.9. The lowest BCUT2D eigenvalue weighted by Gasteiger charge is -2.33. The maximum Gasteiger partial charge on any atom is 0.343 e. The average Bonchev–Trinajstić information content (AvgIpc) is 3.17. The summed E-state index contributed by atoms with van der Waals surface area (Å²) >= 11 is 0. The molecular formula is C28H36O7. The fourth-order valence-electron chi connectivity index (χ4n) is 6.03. The summed E-state index contributed by atoms with van der Waals surface area (Å²) in [4.78, 5) is 36.3. The molecule has 1 fully saturated rings. The van der Waals surface area contributed by atoms with E-state index in [0.717, 1.165) is 69.1 Å². The van der Waals surface area contributed by atoms with Crippen molar-refractivity contribution in [3.05, 3.63) is 41.5 Å². The first-order valence-corrected chi connectivity index (χ1v) is 12.9. The van der Waals surface area contributed by atoms with Gasteiger partial charge in [0.05, 0.1) is 7.11 Å². The molecule has 0 spiro atoms. The number of esters is 3. The number of cyclic esters (lactones) is 1. The zero-order valence-electron chi connectivity index (χ0n) is 20.7. The van der Waals surface area contributed by atoms with E-state index in [1.165, 1.54) is 24.8 Å². The van der Waals surface area contributed by atoms with Gasteiger partial charge in [-0.25, -0.2) is 14.4 Å². The molecule has 5 atom stereocenters. The standard InChI is InChI=1S/C28H36O7/c1-3-4-5-8-20-10-11-21-22-14-18-7-6-9-24(33-17-28(31)32-2)23(18)15-19(22)16-25(21)35-27(30)13-12-26(29)34-20/h6-7,9,12-13,19-22,25H,3-5,8,10-11,14-17H2,1-2H3/b13-12-/t19-,20-,21?,22-,25+/m0/s1. The van der Waals surface area contributed by atoms with Crippen LogP contribution in [-0.2, 0) is 41.4 Å². The second-order valence-corrected chi connectivity index (χ2v) is 9.93. The highest BCUT2D eigenvalue weighted by Gasteiger charge is 2.47. The zero-order chi connectivity index (χ0) is 24.8. The molecular weight excluding hydrogens is 448 g/mol. The van der Waals surface area contributed by atoms with Crippen LogP contribution < -0.4 is 4.74 Å². The Labute approximate surface area is 207 Å². The zero-order valence-corrected chi connectivity index (χ0v) is 20.7. The van der Waals surface area contributed by atoms with Gasteiger partial charge in [0.2, 0.25) is 0 Å². The molecule has 0 N–H and O–H groups in total. The molecule has 1 aromatic carbocycles. The number of methoxy groups -OCH3 is 1. The molecule has 1 heterocycles. The fourth-order valence-corrected chi connectivity index (χ4v) is 6.03. The van der Waals surface area contributed by atoms with Crippen molar-refractivity contribution in [3.63, 3.8) is 0 Å². The van der Waals surface area contributed by atoms with Crippen molar-refractivity contribution in [1.82, 2.24) is 0 Å². The van der Waals surface area contributed by atoms with Crippen molar-refractivity contribution < 1.29 is 33.3 Å². The fraction of sp³-hybridized carbons (Fsp3) is 0.607. The number of carbonyl (C=O) groups excluding carboxylic acids is 3. The maximum atomic E-state index is 12.5. The minimum Gasteiger partial charge on any atom is -0.482 e. The van der Waals surface area contributed by atoms with Gasteiger partial charge in [0.25, 0.3) is 0 Å². The van der Waals surface area contributed by atoms with Crippen molar-refractivity contribution in [1.29, 1.82) is 0 Å². The third-order valence-corrected chi connectivity index (χ3v) is 7.75. The van der Waals surface area contributed by atoms with Gasteiger partial charge < -0.3 is 18.9 Å². The van der Waals surface area contributed by atoms with E-state index in [9.17, 15) is 14.4 Å². The summed E-state index contributed by atoms with van der Waals surface area (Å²) in [6.45, 7) is 2.04. The van der Waals surface area contributed by atoms with Crippen LogP contribution in [0.4, 0.5) is 0 Å². The van der Waals surface area contributed by atoms with Crippen molar-refractivity contribution in [2.45, 2.75) is 76.9 Å². The van der Waals surface area contributed by atoms with Gasteiger partial charge in [-0.3, -0.25) is 0 Å². The van der Waals surface area contributed by atoms with Crippen molar-refractivity contribution in [3.8, 4) is 5.75 Å². The Bertz CT molecular complexity index is 953. The highest BCUT2D eigenvalue weighted by Crippen LogP contribution is 2.49. The van der Waals surface area contributed by atoms with Crippen molar-refractivity contribution >= 4 is 17.9 Å². The number of hydrogen-bond donors (Lipinski definition) is 0. The molecule has 4 rings (SSSR count). The number of fused-ring (bicyclic) bond motifs is 4. The van der Waals surface area contributed by atoms with Gasteiger partial charge in [-0.2, -0.15) is 0 Å². The van der Waals surface area contributed by atoms with Crippen LogP contribution in [-0.4, -0.2) is 43.8 Å². The maximum absolute atomic E-state index is 12.5. The smallest absolute Gasteiger partial charge is 0.343 e. The van der Waals surface area contributed by atoms with Gasteiger partial charge in [0.1, 0.15) is 18.0 Å². The van der Waals surface area contributed by atoms with Crippen LogP contribution in [0.25, 0.3) is 0 Å². The number of rotatable bonds is 7. The molecule has 1 aliphatic heterocycles. The molecule has 7 heteroatoms. The number of hydrogen-bond acceptors (Lipinski definition) is 7. The van der Waals surface area contributed by atoms with Gasteiger partial charge in [-0.05, 0) is 79.9 Å². The molecule has 190 valence electrons. The first kappa shape index (κ1) is 25.3. The van der Waals surface area contributed by atoms with Gasteiger partial charge in [-0.1, -0.05) is 31.9 Å². The normalized spacial score (nSPS) is 28.9. The number of ether oxygens (including phenoxy) is 4. The third-order valence-electron chi connectivity index (χ3n) is 7.75. The van der Waals surface area contributed by atoms with E-state index >= 15 is 0 Å². The van der Waals surface area contributed by atoms with E-state index < -0.39 is 17.9 Å². The van der Waals surface area contributed by atoms with E-state index in [1.807, 2.05) is 12.1 Å². The summed E-state index contributed by atoms with van der Waals surface area (Å²) < 4.78 is 22.1. The molecule has 0 saturated heterocycles. The Morgan fingerprint density at radius 2 is 1.83 bits per heavy atom. The predicted molar refractivity (Wildman–Crippen MR) is 129 cm³/mol. The molecule has 3 aliphatic rings. The summed E-state index contributed by atoms with van der Waals surface area (Å²) in [5.74, 6) is 0.320. The Hall–Kier alpha value is -2.83. The Morgan fingerprint density at radius 1 is 1.03 bits per heavy atom. The molecule has 1 unspecified atom stereocenters. The second-order valence-electron chi connectivity index (χ2n) is 9.93. The van der Waals surface area contributed by atoms with Crippen molar-refractivity contribution in [2.24, 2.45) is 17.8 Å². The number of unbranched alkanes of at least 4 members (excludes halogenated alkanes) is 2. The highest BCUT2D eigenvalue weighted by atomic mass is 16.6. The molecule has 0 radical (unpaired) electrons. The Kier molecular flexibility index (Phi) is 8.47. The summed E-state index contributed by atoms with van der Waals surface area (Å²) in [7, 11) is 1.35. The predicted octanol–water partition coefficient (Wildman–Crippen LogP) is 4.34. The van der Waals surface area contributed by atoms with Crippen LogP contribution >= 0.6 is 0 Å². The van der Waals surface area contributed by atoms with E-state index in [4.69, 9.17) is 18.9 Å². The Balaban J connectivity index is 1.52. The van der Waals surface area contributed by atoms with E-state index in [1.54, 1.807) is 0 Å². The lowest BCUT2D eigenvalue weighted by molar-refractivity contribution is -0.145. The topological polar surface area (TPSA) is 88.1 Å². The summed E-state index contributed by atoms with van der Waals surface area (Å²) in [5.41, 5.74) is 2.36. The summed E-state index contributed by atoms with van der Waals surface area (Å²) in [5, 5.41) is 0. The van der Waals surface area contributed by atoms with E-state index in [0.29, 0.717) is 11.8 Å². The number of carbonyl (C=O) groups is 3. The van der Waals surface area contributed by atoms with Crippen molar-refractivity contribution in [2.75, 3.05) is 13.7 Å². The Morgan fingerprint density at radius 3 is 2.60 bits per heavy atom. The lowest BCUT2D eigenvalue weighted by Crippen LogP contribution is -2.29. The SMILES string of the molecule is CCCCC[C@H]1CCC2[C@H]3Cc4cccc(OCC(=O)OC)c4C[C@H]3C[C@H]2OC(=O)/C=C\C(=O)O1. The summed E-state index contributed by atoms with van der Waals surface area (Å²) in [6, 6.07) is 5.99. The molecule has 1 saturated carbocycles. The largest absolute Gasteiger partial charge is 0.482 e. The second kappa shape index (κ2) is 11.7. The monoisotopic (exact) mass is 484 g/mol. The molecule has 0 aromatic heterocycles. The van der Waals surface area contributed by atoms with Gasteiger partial charge in [-0.15, -0.1) is 0 Å². The average molecular weight is 485 g/mol. The highest BCUT2D eigenvalue weighted by molar-refractivity contribution is 5.91. The first-order chi connectivity index (χ1) is 17.0. The summed E-state index contributed by atoms with van der Waals surface area (Å²) in [6.07, 6.45) is 10.3. The lowest BCUT2D eigenvalue weighted by atomic mass is 9.73. The van der Waals surface area contributed by atoms with Gasteiger partial charge in [0.15, 0.2) is 6.61 Å². The van der Waals surface area contributed by atoms with E-state index in [2.05, 4.69) is 13.0 Å². The third kappa shape index (κ3) is 6.24. The molecule has 0 amide bonds. The minimum atomic E-state index is -0.486. The van der Waals surface area contributed by atoms with Gasteiger partial charge in [0, 0.05) is 12.2 Å². The quantitative estimate of drug-likeness (QED) is 0.323. The van der Waals surface area contributed by atoms with Crippen LogP contribution in [0.3, 0.4) is 0 Å². The molecule has 7 nitrogen and oxygen atoms in total. The molecule has 35 heavy (non-hydrogen) atoms. The molecule has 1 aromatic rings. The van der Waals surface area contributed by atoms with Crippen LogP contribution in [0.15, 0.2) is 30.4 Å². The van der Waals surface area contributed by atoms with Crippen LogP contribution in [0.5, 0.6) is 5.75 Å². The van der Waals surface area contributed by atoms with Crippen LogP contribution in [0, 0.1) is 17.8 Å². The van der Waals surface area contributed by atoms with Gasteiger partial charge >= 0.3 is 17.9 Å². The van der Waals surface area contributed by atoms with E-state index in [-0.39, 0.29) is 24.7 Å². The molecule has 2 aliphatic carbocycles. The number of benzene rings is 1. The molecule has 0 bridgehead atoms.